The quantitative estimate of drug-likeness (QED) is 0.745. The number of halogens is 5. The van der Waals surface area contributed by atoms with Crippen LogP contribution in [0.25, 0.3) is 0 Å². The maximum atomic E-state index is 13.7. The van der Waals surface area contributed by atoms with Crippen molar-refractivity contribution in [3.05, 3.63) is 68.9 Å². The molecule has 112 valence electrons. The summed E-state index contributed by atoms with van der Waals surface area (Å²) in [6, 6.07) is 7.44. The zero-order valence-corrected chi connectivity index (χ0v) is 12.5. The van der Waals surface area contributed by atoms with Crippen molar-refractivity contribution in [1.29, 1.82) is 0 Å². The summed E-state index contributed by atoms with van der Waals surface area (Å²) in [5.41, 5.74) is -0.272. The molecule has 0 saturated heterocycles. The number of rotatable bonds is 2. The number of aliphatic hydroxyl groups is 1. The van der Waals surface area contributed by atoms with Crippen molar-refractivity contribution in [2.45, 2.75) is 19.2 Å². The maximum absolute atomic E-state index is 13.7. The minimum absolute atomic E-state index is 0.0185. The Morgan fingerprint density at radius 2 is 1.76 bits per heavy atom. The van der Waals surface area contributed by atoms with Crippen LogP contribution in [0.5, 0.6) is 0 Å². The van der Waals surface area contributed by atoms with Crippen LogP contribution < -0.4 is 0 Å². The fourth-order valence-electron chi connectivity index (χ4n) is 1.98. The van der Waals surface area contributed by atoms with E-state index >= 15 is 0 Å². The zero-order chi connectivity index (χ0) is 15.8. The van der Waals surface area contributed by atoms with Crippen molar-refractivity contribution in [3.63, 3.8) is 0 Å². The molecule has 0 spiro atoms. The van der Waals surface area contributed by atoms with Gasteiger partial charge in [0.15, 0.2) is 0 Å². The molecule has 0 aromatic heterocycles. The molecule has 0 saturated carbocycles. The third-order valence-corrected chi connectivity index (χ3v) is 3.75. The molecule has 0 heterocycles. The van der Waals surface area contributed by atoms with E-state index in [4.69, 9.17) is 0 Å². The fraction of sp³-hybridized carbons (Fsp3) is 0.200. The molecular formula is C15H11BrF4O. The molecule has 0 aliphatic heterocycles. The van der Waals surface area contributed by atoms with E-state index in [1.807, 2.05) is 0 Å². The molecule has 2 aromatic carbocycles. The lowest BCUT2D eigenvalue weighted by Crippen LogP contribution is -2.09. The predicted octanol–water partition coefficient (Wildman–Crippen LogP) is 5.00. The van der Waals surface area contributed by atoms with Gasteiger partial charge in [0.1, 0.15) is 11.9 Å². The summed E-state index contributed by atoms with van der Waals surface area (Å²) in [5.74, 6) is -0.662. The lowest BCUT2D eigenvalue weighted by atomic mass is 9.98. The van der Waals surface area contributed by atoms with Gasteiger partial charge in [0.05, 0.1) is 5.56 Å². The molecular weight excluding hydrogens is 352 g/mol. The minimum Gasteiger partial charge on any atom is -0.384 e. The van der Waals surface area contributed by atoms with E-state index in [0.29, 0.717) is 5.56 Å². The number of aliphatic hydroxyl groups excluding tert-OH is 1. The van der Waals surface area contributed by atoms with Gasteiger partial charge in [0.25, 0.3) is 0 Å². The van der Waals surface area contributed by atoms with Crippen LogP contribution in [0.2, 0.25) is 0 Å². The highest BCUT2D eigenvalue weighted by Crippen LogP contribution is 2.37. The third-order valence-electron chi connectivity index (χ3n) is 3.06. The minimum atomic E-state index is -4.56. The van der Waals surface area contributed by atoms with Gasteiger partial charge in [-0.15, -0.1) is 0 Å². The zero-order valence-electron chi connectivity index (χ0n) is 10.9. The first-order valence-electron chi connectivity index (χ1n) is 6.01. The lowest BCUT2D eigenvalue weighted by Gasteiger charge is -2.16. The van der Waals surface area contributed by atoms with Crippen LogP contribution in [0, 0.1) is 12.7 Å². The molecule has 2 aromatic rings. The van der Waals surface area contributed by atoms with Gasteiger partial charge >= 0.3 is 6.18 Å². The topological polar surface area (TPSA) is 20.2 Å². The van der Waals surface area contributed by atoms with Crippen molar-refractivity contribution in [1.82, 2.24) is 0 Å². The van der Waals surface area contributed by atoms with Gasteiger partial charge in [0.2, 0.25) is 0 Å². The van der Waals surface area contributed by atoms with E-state index in [1.165, 1.54) is 30.3 Å². The Balaban J connectivity index is 2.49. The van der Waals surface area contributed by atoms with Crippen molar-refractivity contribution in [2.75, 3.05) is 0 Å². The van der Waals surface area contributed by atoms with Crippen molar-refractivity contribution >= 4 is 15.9 Å². The van der Waals surface area contributed by atoms with Gasteiger partial charge in [0, 0.05) is 10.0 Å². The molecule has 0 aliphatic rings. The van der Waals surface area contributed by atoms with E-state index in [9.17, 15) is 22.7 Å². The Hall–Kier alpha value is -1.40. The molecule has 1 unspecified atom stereocenters. The van der Waals surface area contributed by atoms with E-state index in [-0.39, 0.29) is 15.6 Å². The highest BCUT2D eigenvalue weighted by molar-refractivity contribution is 9.10. The standard InChI is InChI=1S/C15H11BrF4O/c1-8-2-5-13(17)10(6-8)14(21)9-3-4-12(16)11(7-9)15(18,19)20/h2-7,14,21H,1H3. The monoisotopic (exact) mass is 362 g/mol. The first-order chi connectivity index (χ1) is 9.70. The second kappa shape index (κ2) is 5.77. The smallest absolute Gasteiger partial charge is 0.384 e. The molecule has 0 amide bonds. The van der Waals surface area contributed by atoms with Gasteiger partial charge in [-0.1, -0.05) is 39.7 Å². The Kier molecular flexibility index (Phi) is 4.39. The van der Waals surface area contributed by atoms with Crippen molar-refractivity contribution < 1.29 is 22.7 Å². The summed E-state index contributed by atoms with van der Waals surface area (Å²) in [6.45, 7) is 1.71. The van der Waals surface area contributed by atoms with Crippen LogP contribution in [0.1, 0.15) is 28.4 Å². The summed E-state index contributed by atoms with van der Waals surface area (Å²) in [5, 5.41) is 10.2. The van der Waals surface area contributed by atoms with E-state index in [0.717, 1.165) is 6.07 Å². The Morgan fingerprint density at radius 1 is 1.10 bits per heavy atom. The van der Waals surface area contributed by atoms with Gasteiger partial charge in [-0.05, 0) is 30.7 Å². The SMILES string of the molecule is Cc1ccc(F)c(C(O)c2ccc(Br)c(C(F)(F)F)c2)c1. The Morgan fingerprint density at radius 3 is 2.38 bits per heavy atom. The van der Waals surface area contributed by atoms with Gasteiger partial charge in [-0.25, -0.2) is 4.39 Å². The molecule has 6 heteroatoms. The van der Waals surface area contributed by atoms with Crippen LogP contribution in [0.3, 0.4) is 0 Å². The number of aryl methyl sites for hydroxylation is 1. The highest BCUT2D eigenvalue weighted by atomic mass is 79.9. The normalized spacial score (nSPS) is 13.3. The second-order valence-electron chi connectivity index (χ2n) is 4.66. The Bertz CT molecular complexity index is 667. The van der Waals surface area contributed by atoms with Crippen LogP contribution in [0.4, 0.5) is 17.6 Å². The summed E-state index contributed by atoms with van der Waals surface area (Å²) in [4.78, 5) is 0. The van der Waals surface area contributed by atoms with Crippen molar-refractivity contribution in [3.8, 4) is 0 Å². The van der Waals surface area contributed by atoms with Gasteiger partial charge < -0.3 is 5.11 Å². The van der Waals surface area contributed by atoms with Crippen LogP contribution >= 0.6 is 15.9 Å². The second-order valence-corrected chi connectivity index (χ2v) is 5.52. The lowest BCUT2D eigenvalue weighted by molar-refractivity contribution is -0.138. The average Bonchev–Trinajstić information content (AvgIpc) is 2.40. The number of hydrogen-bond donors (Lipinski definition) is 1. The molecule has 21 heavy (non-hydrogen) atoms. The van der Waals surface area contributed by atoms with Crippen LogP contribution in [-0.2, 0) is 6.18 Å². The number of hydrogen-bond acceptors (Lipinski definition) is 1. The molecule has 0 aliphatic carbocycles. The summed E-state index contributed by atoms with van der Waals surface area (Å²) in [7, 11) is 0. The molecule has 1 N–H and O–H groups in total. The summed E-state index contributed by atoms with van der Waals surface area (Å²) in [6.07, 6.45) is -6.02. The van der Waals surface area contributed by atoms with Crippen LogP contribution in [0.15, 0.2) is 40.9 Å². The Labute approximate surface area is 127 Å². The number of alkyl halides is 3. The summed E-state index contributed by atoms with van der Waals surface area (Å²) < 4.78 is 52.2. The fourth-order valence-corrected chi connectivity index (χ4v) is 2.45. The molecule has 2 rings (SSSR count). The largest absolute Gasteiger partial charge is 0.417 e. The van der Waals surface area contributed by atoms with Crippen LogP contribution in [-0.4, -0.2) is 5.11 Å². The maximum Gasteiger partial charge on any atom is 0.417 e. The molecule has 1 atom stereocenters. The van der Waals surface area contributed by atoms with Gasteiger partial charge in [-0.2, -0.15) is 13.2 Å². The third kappa shape index (κ3) is 3.44. The van der Waals surface area contributed by atoms with E-state index < -0.39 is 23.7 Å². The molecule has 0 radical (unpaired) electrons. The van der Waals surface area contributed by atoms with E-state index in [1.54, 1.807) is 6.92 Å². The molecule has 0 fully saturated rings. The highest BCUT2D eigenvalue weighted by Gasteiger charge is 2.33. The first kappa shape index (κ1) is 16.0. The summed E-state index contributed by atoms with van der Waals surface area (Å²) >= 11 is 2.82. The molecule has 1 nitrogen and oxygen atoms in total. The average molecular weight is 363 g/mol. The van der Waals surface area contributed by atoms with Crippen molar-refractivity contribution in [2.24, 2.45) is 0 Å². The first-order valence-corrected chi connectivity index (χ1v) is 6.80. The predicted molar refractivity (Wildman–Crippen MR) is 74.3 cm³/mol. The molecule has 0 bridgehead atoms. The number of benzene rings is 2. The van der Waals surface area contributed by atoms with Gasteiger partial charge in [-0.3, -0.25) is 0 Å². The van der Waals surface area contributed by atoms with E-state index in [2.05, 4.69) is 15.9 Å².